The summed E-state index contributed by atoms with van der Waals surface area (Å²) in [6.45, 7) is 5.14. The highest BCUT2D eigenvalue weighted by atomic mass is 32.2. The van der Waals surface area contributed by atoms with E-state index in [2.05, 4.69) is 23.8 Å². The largest absolute Gasteiger partial charge is 0.344 e. The summed E-state index contributed by atoms with van der Waals surface area (Å²) in [4.78, 5) is 7.70. The lowest BCUT2D eigenvalue weighted by Gasteiger charge is -2.30. The molecule has 15 heavy (non-hydrogen) atoms. The third-order valence-electron chi connectivity index (χ3n) is 2.72. The van der Waals surface area contributed by atoms with Crippen LogP contribution in [-0.4, -0.2) is 26.2 Å². The van der Waals surface area contributed by atoms with Crippen LogP contribution in [0.5, 0.6) is 0 Å². The number of nitrogens with two attached hydrogens (primary N) is 1. The predicted octanol–water partition coefficient (Wildman–Crippen LogP) is 2.17. The van der Waals surface area contributed by atoms with Gasteiger partial charge in [-0.3, -0.25) is 0 Å². The Hall–Kier alpha value is -0.130. The van der Waals surface area contributed by atoms with Crippen molar-refractivity contribution in [3.63, 3.8) is 0 Å². The van der Waals surface area contributed by atoms with Crippen LogP contribution in [0.3, 0.4) is 0 Å². The van der Waals surface area contributed by atoms with Gasteiger partial charge in [-0.1, -0.05) is 13.8 Å². The molecule has 1 aliphatic heterocycles. The van der Waals surface area contributed by atoms with Crippen molar-refractivity contribution in [3.05, 3.63) is 17.7 Å². The summed E-state index contributed by atoms with van der Waals surface area (Å²) in [5.74, 6) is 2.24. The number of thioether (sulfide) groups is 2. The highest BCUT2D eigenvalue weighted by Gasteiger charge is 2.28. The van der Waals surface area contributed by atoms with Gasteiger partial charge in [0, 0.05) is 34.7 Å². The monoisotopic (exact) mass is 243 g/mol. The summed E-state index contributed by atoms with van der Waals surface area (Å²) in [6, 6.07) is 0. The number of imidazole rings is 1. The molecule has 1 aliphatic rings. The van der Waals surface area contributed by atoms with Crippen molar-refractivity contribution < 1.29 is 0 Å². The fourth-order valence-corrected chi connectivity index (χ4v) is 4.44. The highest BCUT2D eigenvalue weighted by Crippen LogP contribution is 2.43. The van der Waals surface area contributed by atoms with Gasteiger partial charge in [-0.25, -0.2) is 4.98 Å². The van der Waals surface area contributed by atoms with Crippen LogP contribution >= 0.6 is 23.5 Å². The molecule has 0 aliphatic carbocycles. The van der Waals surface area contributed by atoms with E-state index in [0.29, 0.717) is 17.0 Å². The van der Waals surface area contributed by atoms with E-state index in [1.54, 1.807) is 0 Å². The van der Waals surface area contributed by atoms with Gasteiger partial charge in [-0.05, 0) is 0 Å². The van der Waals surface area contributed by atoms with Gasteiger partial charge in [0.1, 0.15) is 5.82 Å². The van der Waals surface area contributed by atoms with Gasteiger partial charge in [-0.15, -0.1) is 11.8 Å². The van der Waals surface area contributed by atoms with Crippen LogP contribution in [0, 0.1) is 0 Å². The van der Waals surface area contributed by atoms with Crippen LogP contribution in [0.2, 0.25) is 0 Å². The minimum absolute atomic E-state index is 0.501. The number of nitrogens with zero attached hydrogens (tertiary/aromatic N) is 1. The second-order valence-electron chi connectivity index (χ2n) is 3.87. The summed E-state index contributed by atoms with van der Waals surface area (Å²) >= 11 is 4.05. The van der Waals surface area contributed by atoms with Gasteiger partial charge in [-0.2, -0.15) is 11.8 Å². The first-order chi connectivity index (χ1) is 7.20. The standard InChI is InChI=1S/C10H17N3S2/c1-6-7(2)15-9(5-14-6)10-12-4-8(3-11)13-10/h4,6-7,9H,3,5,11H2,1-2H3,(H,12,13). The van der Waals surface area contributed by atoms with E-state index in [0.717, 1.165) is 22.5 Å². The van der Waals surface area contributed by atoms with E-state index in [1.165, 1.54) is 0 Å². The Morgan fingerprint density at radius 1 is 1.53 bits per heavy atom. The van der Waals surface area contributed by atoms with Crippen molar-refractivity contribution in [2.45, 2.75) is 36.1 Å². The molecule has 0 amide bonds. The molecule has 1 aromatic rings. The smallest absolute Gasteiger partial charge is 0.120 e. The van der Waals surface area contributed by atoms with Crippen LogP contribution in [0.15, 0.2) is 6.20 Å². The topological polar surface area (TPSA) is 54.7 Å². The Balaban J connectivity index is 2.05. The van der Waals surface area contributed by atoms with Crippen molar-refractivity contribution >= 4 is 23.5 Å². The second-order valence-corrected chi connectivity index (χ2v) is 6.86. The molecule has 1 aromatic heterocycles. The first-order valence-corrected chi connectivity index (χ1v) is 7.20. The molecule has 3 atom stereocenters. The Kier molecular flexibility index (Phi) is 3.64. The molecule has 3 nitrogen and oxygen atoms in total. The van der Waals surface area contributed by atoms with Crippen LogP contribution in [0.25, 0.3) is 0 Å². The summed E-state index contributed by atoms with van der Waals surface area (Å²) in [7, 11) is 0. The molecule has 5 heteroatoms. The zero-order valence-corrected chi connectivity index (χ0v) is 10.7. The minimum Gasteiger partial charge on any atom is -0.344 e. The van der Waals surface area contributed by atoms with E-state index in [1.807, 2.05) is 29.7 Å². The minimum atomic E-state index is 0.501. The van der Waals surface area contributed by atoms with Crippen molar-refractivity contribution in [1.29, 1.82) is 0 Å². The Morgan fingerprint density at radius 3 is 2.93 bits per heavy atom. The SMILES string of the molecule is CC1SCC(c2ncc(CN)[nH]2)SC1C. The maximum Gasteiger partial charge on any atom is 0.120 e. The molecule has 1 saturated heterocycles. The molecule has 0 aromatic carbocycles. The maximum atomic E-state index is 5.56. The van der Waals surface area contributed by atoms with E-state index in [-0.39, 0.29) is 0 Å². The Bertz CT molecular complexity index is 326. The number of rotatable bonds is 2. The molecular weight excluding hydrogens is 226 g/mol. The molecule has 0 spiro atoms. The van der Waals surface area contributed by atoms with Gasteiger partial charge in [0.25, 0.3) is 0 Å². The van der Waals surface area contributed by atoms with Gasteiger partial charge < -0.3 is 10.7 Å². The van der Waals surface area contributed by atoms with Gasteiger partial charge in [0.05, 0.1) is 5.25 Å². The number of aromatic nitrogens is 2. The van der Waals surface area contributed by atoms with Crippen molar-refractivity contribution in [1.82, 2.24) is 9.97 Å². The first-order valence-electron chi connectivity index (χ1n) is 5.21. The predicted molar refractivity (Wildman–Crippen MR) is 68.2 cm³/mol. The lowest BCUT2D eigenvalue weighted by molar-refractivity contribution is 0.867. The van der Waals surface area contributed by atoms with Gasteiger partial charge >= 0.3 is 0 Å². The Morgan fingerprint density at radius 2 is 2.33 bits per heavy atom. The summed E-state index contributed by atoms with van der Waals surface area (Å²) in [5.41, 5.74) is 6.59. The van der Waals surface area contributed by atoms with Crippen LogP contribution in [0.4, 0.5) is 0 Å². The van der Waals surface area contributed by atoms with Crippen LogP contribution in [-0.2, 0) is 6.54 Å². The second kappa shape index (κ2) is 4.80. The average Bonchev–Trinajstić information content (AvgIpc) is 2.70. The zero-order chi connectivity index (χ0) is 10.8. The number of nitrogens with one attached hydrogen (secondary N) is 1. The van der Waals surface area contributed by atoms with Crippen molar-refractivity contribution in [2.24, 2.45) is 5.73 Å². The molecule has 0 radical (unpaired) electrons. The Labute approximate surface area is 99.0 Å². The molecule has 0 saturated carbocycles. The van der Waals surface area contributed by atoms with E-state index < -0.39 is 0 Å². The summed E-state index contributed by atoms with van der Waals surface area (Å²) in [6.07, 6.45) is 1.85. The van der Waals surface area contributed by atoms with Crippen LogP contribution in [0.1, 0.15) is 30.6 Å². The highest BCUT2D eigenvalue weighted by molar-refractivity contribution is 8.07. The quantitative estimate of drug-likeness (QED) is 0.836. The summed E-state index contributed by atoms with van der Waals surface area (Å²) < 4.78 is 0. The van der Waals surface area contributed by atoms with Crippen molar-refractivity contribution in [3.8, 4) is 0 Å². The lowest BCUT2D eigenvalue weighted by atomic mass is 10.3. The molecular formula is C10H17N3S2. The molecule has 1 fully saturated rings. The number of H-pyrrole nitrogens is 1. The fraction of sp³-hybridized carbons (Fsp3) is 0.700. The average molecular weight is 243 g/mol. The fourth-order valence-electron chi connectivity index (χ4n) is 1.57. The molecule has 2 heterocycles. The van der Waals surface area contributed by atoms with E-state index in [9.17, 15) is 0 Å². The van der Waals surface area contributed by atoms with Crippen LogP contribution < -0.4 is 5.73 Å². The number of aromatic amines is 1. The molecule has 2 rings (SSSR count). The van der Waals surface area contributed by atoms with E-state index in [4.69, 9.17) is 5.73 Å². The molecule has 3 unspecified atom stereocenters. The first kappa shape index (κ1) is 11.4. The normalized spacial score (nSPS) is 31.8. The molecule has 3 N–H and O–H groups in total. The van der Waals surface area contributed by atoms with Gasteiger partial charge in [0.2, 0.25) is 0 Å². The number of hydrogen-bond donors (Lipinski definition) is 2. The third-order valence-corrected chi connectivity index (χ3v) is 6.12. The zero-order valence-electron chi connectivity index (χ0n) is 9.06. The van der Waals surface area contributed by atoms with Gasteiger partial charge in [0.15, 0.2) is 0 Å². The van der Waals surface area contributed by atoms with Crippen molar-refractivity contribution in [2.75, 3.05) is 5.75 Å². The van der Waals surface area contributed by atoms with E-state index >= 15 is 0 Å². The third kappa shape index (κ3) is 2.52. The lowest BCUT2D eigenvalue weighted by Crippen LogP contribution is -2.22. The molecule has 0 bridgehead atoms. The molecule has 84 valence electrons. The number of hydrogen-bond acceptors (Lipinski definition) is 4. The maximum absolute atomic E-state index is 5.56. The summed E-state index contributed by atoms with van der Waals surface area (Å²) in [5, 5.41) is 1.94.